The van der Waals surface area contributed by atoms with E-state index in [-0.39, 0.29) is 5.91 Å². The Labute approximate surface area is 125 Å². The molecule has 0 spiro atoms. The number of amides is 1. The van der Waals surface area contributed by atoms with Crippen molar-refractivity contribution in [2.75, 3.05) is 6.54 Å². The number of hydrogen-bond donors (Lipinski definition) is 1. The van der Waals surface area contributed by atoms with Crippen LogP contribution in [-0.2, 0) is 4.79 Å². The number of carbonyl (C=O) groups is 1. The molecule has 1 saturated carbocycles. The van der Waals surface area contributed by atoms with Gasteiger partial charge in [0.2, 0.25) is 5.91 Å². The second-order valence-corrected chi connectivity index (χ2v) is 5.73. The van der Waals surface area contributed by atoms with Gasteiger partial charge in [0.25, 0.3) is 0 Å². The van der Waals surface area contributed by atoms with Crippen LogP contribution >= 0.6 is 11.6 Å². The molecule has 1 amide bonds. The molecule has 0 heterocycles. The zero-order valence-corrected chi connectivity index (χ0v) is 12.4. The number of nitrogens with one attached hydrogen (secondary N) is 1. The Morgan fingerprint density at radius 3 is 2.85 bits per heavy atom. The quantitative estimate of drug-likeness (QED) is 0.843. The molecule has 1 aliphatic rings. The van der Waals surface area contributed by atoms with Gasteiger partial charge in [-0.1, -0.05) is 48.8 Å². The maximum Gasteiger partial charge on any atom is 0.221 e. The maximum atomic E-state index is 11.8. The maximum absolute atomic E-state index is 11.8. The topological polar surface area (TPSA) is 29.1 Å². The number of benzene rings is 1. The van der Waals surface area contributed by atoms with E-state index in [1.54, 1.807) is 0 Å². The molecule has 0 radical (unpaired) electrons. The fraction of sp³-hybridized carbons (Fsp3) is 0.471. The molecule has 2 rings (SSSR count). The molecule has 0 atom stereocenters. The minimum absolute atomic E-state index is 0.122. The van der Waals surface area contributed by atoms with Crippen LogP contribution in [0.3, 0.4) is 0 Å². The Morgan fingerprint density at radius 2 is 2.10 bits per heavy atom. The molecule has 0 aliphatic heterocycles. The van der Waals surface area contributed by atoms with Crippen molar-refractivity contribution < 1.29 is 4.79 Å². The van der Waals surface area contributed by atoms with Crippen molar-refractivity contribution in [1.82, 2.24) is 5.32 Å². The van der Waals surface area contributed by atoms with E-state index in [0.717, 1.165) is 5.56 Å². The molecule has 2 nitrogen and oxygen atoms in total. The molecule has 106 valence electrons. The van der Waals surface area contributed by atoms with Gasteiger partial charge in [-0.2, -0.15) is 0 Å². The highest BCUT2D eigenvalue weighted by Crippen LogP contribution is 2.25. The third-order valence-electron chi connectivity index (χ3n) is 3.63. The molecule has 1 aromatic carbocycles. The summed E-state index contributed by atoms with van der Waals surface area (Å²) in [6, 6.07) is 7.41. The first kappa shape index (κ1) is 14.9. The van der Waals surface area contributed by atoms with E-state index < -0.39 is 0 Å². The third kappa shape index (κ3) is 5.27. The van der Waals surface area contributed by atoms with Gasteiger partial charge in [-0.05, 0) is 37.0 Å². The fourth-order valence-electron chi connectivity index (χ4n) is 2.58. The van der Waals surface area contributed by atoms with E-state index in [2.05, 4.69) is 17.2 Å². The van der Waals surface area contributed by atoms with Gasteiger partial charge in [0.1, 0.15) is 0 Å². The minimum atomic E-state index is 0.122. The summed E-state index contributed by atoms with van der Waals surface area (Å²) in [4.78, 5) is 11.8. The number of carbonyl (C=O) groups excluding carboxylic acids is 1. The van der Waals surface area contributed by atoms with E-state index in [4.69, 9.17) is 11.6 Å². The molecule has 1 fully saturated rings. The molecule has 1 N–H and O–H groups in total. The smallest absolute Gasteiger partial charge is 0.221 e. The van der Waals surface area contributed by atoms with Crippen molar-refractivity contribution in [2.45, 2.75) is 38.5 Å². The summed E-state index contributed by atoms with van der Waals surface area (Å²) in [7, 11) is 0. The Hall–Kier alpha value is -1.46. The van der Waals surface area contributed by atoms with Crippen LogP contribution < -0.4 is 5.32 Å². The molecule has 0 unspecified atom stereocenters. The predicted molar refractivity (Wildman–Crippen MR) is 82.5 cm³/mol. The van der Waals surface area contributed by atoms with E-state index in [1.807, 2.05) is 24.3 Å². The van der Waals surface area contributed by atoms with Crippen LogP contribution in [0.1, 0.15) is 44.1 Å². The van der Waals surface area contributed by atoms with Crippen molar-refractivity contribution in [3.8, 4) is 11.8 Å². The van der Waals surface area contributed by atoms with Gasteiger partial charge in [-0.25, -0.2) is 0 Å². The van der Waals surface area contributed by atoms with Crippen molar-refractivity contribution >= 4 is 17.5 Å². The molecule has 20 heavy (non-hydrogen) atoms. The van der Waals surface area contributed by atoms with Crippen molar-refractivity contribution in [1.29, 1.82) is 0 Å². The molecule has 3 heteroatoms. The lowest BCUT2D eigenvalue weighted by Gasteiger charge is -2.20. The molecular weight excluding hydrogens is 270 g/mol. The summed E-state index contributed by atoms with van der Waals surface area (Å²) < 4.78 is 0. The van der Waals surface area contributed by atoms with Gasteiger partial charge in [0, 0.05) is 17.0 Å². The van der Waals surface area contributed by atoms with Crippen molar-refractivity contribution in [3.63, 3.8) is 0 Å². The highest BCUT2D eigenvalue weighted by atomic mass is 35.5. The third-order valence-corrected chi connectivity index (χ3v) is 3.87. The Kier molecular flexibility index (Phi) is 5.95. The average Bonchev–Trinajstić information content (AvgIpc) is 2.45. The summed E-state index contributed by atoms with van der Waals surface area (Å²) in [5, 5.41) is 3.55. The van der Waals surface area contributed by atoms with E-state index in [9.17, 15) is 4.79 Å². The summed E-state index contributed by atoms with van der Waals surface area (Å²) in [5.74, 6) is 6.65. The largest absolute Gasteiger partial charge is 0.345 e. The summed E-state index contributed by atoms with van der Waals surface area (Å²) in [6.45, 7) is 0.401. The first-order chi connectivity index (χ1) is 9.74. The normalized spacial score (nSPS) is 15.2. The van der Waals surface area contributed by atoms with Crippen molar-refractivity contribution in [2.24, 2.45) is 5.92 Å². The van der Waals surface area contributed by atoms with Gasteiger partial charge in [-0.3, -0.25) is 4.79 Å². The molecule has 0 aromatic heterocycles. The molecule has 1 aliphatic carbocycles. The summed E-state index contributed by atoms with van der Waals surface area (Å²) in [6.07, 6.45) is 6.91. The van der Waals surface area contributed by atoms with Gasteiger partial charge < -0.3 is 5.32 Å². The lowest BCUT2D eigenvalue weighted by Crippen LogP contribution is -2.26. The van der Waals surface area contributed by atoms with Crippen molar-refractivity contribution in [3.05, 3.63) is 34.9 Å². The van der Waals surface area contributed by atoms with Crippen LogP contribution in [0.25, 0.3) is 0 Å². The second kappa shape index (κ2) is 7.97. The molecular formula is C17H20ClNO. The van der Waals surface area contributed by atoms with Crippen LogP contribution in [-0.4, -0.2) is 12.5 Å². The van der Waals surface area contributed by atoms with Crippen LogP contribution in [0, 0.1) is 17.8 Å². The minimum Gasteiger partial charge on any atom is -0.345 e. The highest BCUT2D eigenvalue weighted by Gasteiger charge is 2.16. The first-order valence-corrected chi connectivity index (χ1v) is 7.63. The Bertz CT molecular complexity index is 509. The SMILES string of the molecule is O=C(CC1CCCCC1)NCC#Cc1cccc(Cl)c1. The second-order valence-electron chi connectivity index (χ2n) is 5.30. The zero-order chi connectivity index (χ0) is 14.2. The highest BCUT2D eigenvalue weighted by molar-refractivity contribution is 6.30. The van der Waals surface area contributed by atoms with Crippen LogP contribution in [0.2, 0.25) is 5.02 Å². The monoisotopic (exact) mass is 289 g/mol. The van der Waals surface area contributed by atoms with Gasteiger partial charge in [0.15, 0.2) is 0 Å². The lowest BCUT2D eigenvalue weighted by molar-refractivity contribution is -0.122. The first-order valence-electron chi connectivity index (χ1n) is 7.25. The van der Waals surface area contributed by atoms with E-state index in [0.29, 0.717) is 23.9 Å². The summed E-state index contributed by atoms with van der Waals surface area (Å²) in [5.41, 5.74) is 0.874. The van der Waals surface area contributed by atoms with Crippen LogP contribution in [0.5, 0.6) is 0 Å². The predicted octanol–water partition coefficient (Wildman–Crippen LogP) is 3.78. The molecule has 0 saturated heterocycles. The number of hydrogen-bond acceptors (Lipinski definition) is 1. The van der Waals surface area contributed by atoms with Crippen LogP contribution in [0.15, 0.2) is 24.3 Å². The zero-order valence-electron chi connectivity index (χ0n) is 11.6. The van der Waals surface area contributed by atoms with Crippen LogP contribution in [0.4, 0.5) is 0 Å². The van der Waals surface area contributed by atoms with E-state index >= 15 is 0 Å². The van der Waals surface area contributed by atoms with Gasteiger partial charge in [0.05, 0.1) is 6.54 Å². The Morgan fingerprint density at radius 1 is 1.30 bits per heavy atom. The number of rotatable bonds is 3. The van der Waals surface area contributed by atoms with Gasteiger partial charge in [-0.15, -0.1) is 0 Å². The average molecular weight is 290 g/mol. The standard InChI is InChI=1S/C17H20ClNO/c18-16-10-4-8-14(12-16)9-5-11-19-17(20)13-15-6-2-1-3-7-15/h4,8,10,12,15H,1-3,6-7,11,13H2,(H,19,20). The molecule has 1 aromatic rings. The van der Waals surface area contributed by atoms with E-state index in [1.165, 1.54) is 32.1 Å². The lowest BCUT2D eigenvalue weighted by atomic mass is 9.87. The number of halogens is 1. The van der Waals surface area contributed by atoms with Gasteiger partial charge >= 0.3 is 0 Å². The molecule has 0 bridgehead atoms. The Balaban J connectivity index is 1.71. The summed E-state index contributed by atoms with van der Waals surface area (Å²) >= 11 is 5.88. The fourth-order valence-corrected chi connectivity index (χ4v) is 2.77.